The van der Waals surface area contributed by atoms with Gasteiger partial charge in [0.05, 0.1) is 24.5 Å². The Hall–Kier alpha value is -2.55. The third kappa shape index (κ3) is 4.39. The summed E-state index contributed by atoms with van der Waals surface area (Å²) in [7, 11) is 2.97. The topological polar surface area (TPSA) is 90.0 Å². The van der Waals surface area contributed by atoms with Crippen molar-refractivity contribution in [3.8, 4) is 5.75 Å². The first kappa shape index (κ1) is 19.8. The first-order valence-electron chi connectivity index (χ1n) is 9.83. The summed E-state index contributed by atoms with van der Waals surface area (Å²) in [5.74, 6) is 1.65. The molecule has 1 saturated heterocycles. The minimum Gasteiger partial charge on any atom is -0.495 e. The van der Waals surface area contributed by atoms with E-state index in [0.29, 0.717) is 42.4 Å². The maximum absolute atomic E-state index is 12.1. The van der Waals surface area contributed by atoms with Gasteiger partial charge in [-0.05, 0) is 18.8 Å². The second-order valence-corrected chi connectivity index (χ2v) is 8.30. The molecule has 1 aliphatic heterocycles. The maximum atomic E-state index is 12.1. The number of hydrogen-bond donors (Lipinski definition) is 1. The lowest BCUT2D eigenvalue weighted by atomic mass is 10.1. The quantitative estimate of drug-likeness (QED) is 0.719. The van der Waals surface area contributed by atoms with E-state index in [9.17, 15) is 9.59 Å². The van der Waals surface area contributed by atoms with E-state index < -0.39 is 5.97 Å². The second kappa shape index (κ2) is 8.44. The molecule has 29 heavy (non-hydrogen) atoms. The number of amides is 1. The van der Waals surface area contributed by atoms with Crippen LogP contribution in [0.4, 0.5) is 10.6 Å². The zero-order valence-corrected chi connectivity index (χ0v) is 17.4. The average Bonchev–Trinajstić information content (AvgIpc) is 3.48. The fraction of sp³-hybridized carbons (Fsp3) is 0.550. The minimum atomic E-state index is -0.410. The van der Waals surface area contributed by atoms with Gasteiger partial charge in [0.1, 0.15) is 23.2 Å². The van der Waals surface area contributed by atoms with Gasteiger partial charge in [-0.2, -0.15) is 0 Å². The number of esters is 1. The predicted octanol–water partition coefficient (Wildman–Crippen LogP) is 3.20. The van der Waals surface area contributed by atoms with Crippen molar-refractivity contribution in [1.82, 2.24) is 10.3 Å². The van der Waals surface area contributed by atoms with Crippen LogP contribution < -0.4 is 15.0 Å². The zero-order chi connectivity index (χ0) is 20.4. The fourth-order valence-corrected chi connectivity index (χ4v) is 4.45. The summed E-state index contributed by atoms with van der Waals surface area (Å²) < 4.78 is 16.8. The number of pyridine rings is 1. The lowest BCUT2D eigenvalue weighted by Crippen LogP contribution is -2.40. The summed E-state index contributed by atoms with van der Waals surface area (Å²) in [6.45, 7) is 2.13. The summed E-state index contributed by atoms with van der Waals surface area (Å²) >= 11 is 1.41. The van der Waals surface area contributed by atoms with Gasteiger partial charge in [0, 0.05) is 43.9 Å². The molecule has 2 aromatic rings. The Morgan fingerprint density at radius 3 is 2.66 bits per heavy atom. The Labute approximate surface area is 173 Å². The molecule has 0 bridgehead atoms. The number of carbonyl (C=O) groups excluding carboxylic acids is 2. The van der Waals surface area contributed by atoms with E-state index in [-0.39, 0.29) is 12.2 Å². The number of aromatic nitrogens is 1. The molecule has 0 atom stereocenters. The van der Waals surface area contributed by atoms with Crippen LogP contribution in [0.2, 0.25) is 0 Å². The molecule has 0 aromatic carbocycles. The van der Waals surface area contributed by atoms with Gasteiger partial charge < -0.3 is 24.4 Å². The molecule has 4 rings (SSSR count). The van der Waals surface area contributed by atoms with E-state index in [0.717, 1.165) is 23.4 Å². The molecule has 2 fully saturated rings. The number of methoxy groups -OCH3 is 2. The molecule has 156 valence electrons. The number of anilines is 1. The van der Waals surface area contributed by atoms with E-state index in [1.807, 2.05) is 6.07 Å². The van der Waals surface area contributed by atoms with Crippen LogP contribution in [0.5, 0.6) is 5.75 Å². The standard InChI is InChI=1S/C20H25N3O5S/c1-26-15-9-16(22-17-14(19(24)27-2)11-29-18(15)17)23-7-5-13(6-8-23)28-20(25)21-10-12-3-4-12/h9,11-13H,3-8,10H2,1-2H3,(H,21,25). The monoisotopic (exact) mass is 419 g/mol. The largest absolute Gasteiger partial charge is 0.495 e. The van der Waals surface area contributed by atoms with Gasteiger partial charge in [0.15, 0.2) is 0 Å². The summed E-state index contributed by atoms with van der Waals surface area (Å²) in [6.07, 6.45) is 3.43. The number of thiophene rings is 1. The Kier molecular flexibility index (Phi) is 5.75. The third-order valence-electron chi connectivity index (χ3n) is 5.37. The Bertz CT molecular complexity index is 903. The summed E-state index contributed by atoms with van der Waals surface area (Å²) in [5, 5.41) is 4.59. The van der Waals surface area contributed by atoms with Crippen molar-refractivity contribution in [2.24, 2.45) is 5.92 Å². The van der Waals surface area contributed by atoms with Crippen LogP contribution in [0, 0.1) is 5.92 Å². The molecule has 8 nitrogen and oxygen atoms in total. The summed E-state index contributed by atoms with van der Waals surface area (Å²) in [4.78, 5) is 30.8. The fourth-order valence-electron chi connectivity index (χ4n) is 3.48. The molecule has 3 heterocycles. The van der Waals surface area contributed by atoms with Crippen LogP contribution in [0.25, 0.3) is 10.2 Å². The van der Waals surface area contributed by atoms with Gasteiger partial charge in [0.2, 0.25) is 0 Å². The van der Waals surface area contributed by atoms with Crippen molar-refractivity contribution in [2.75, 3.05) is 38.8 Å². The molecule has 2 aliphatic rings. The highest BCUT2D eigenvalue weighted by atomic mass is 32.1. The van der Waals surface area contributed by atoms with E-state index in [1.54, 1.807) is 12.5 Å². The van der Waals surface area contributed by atoms with Gasteiger partial charge in [-0.1, -0.05) is 0 Å². The number of piperidine rings is 1. The number of ether oxygens (including phenoxy) is 3. The number of fused-ring (bicyclic) bond motifs is 1. The number of hydrogen-bond acceptors (Lipinski definition) is 8. The number of carbonyl (C=O) groups is 2. The van der Waals surface area contributed by atoms with Gasteiger partial charge in [0.25, 0.3) is 0 Å². The Balaban J connectivity index is 1.43. The van der Waals surface area contributed by atoms with E-state index in [4.69, 9.17) is 19.2 Å². The molecule has 1 saturated carbocycles. The highest BCUT2D eigenvalue weighted by Crippen LogP contribution is 2.36. The number of rotatable bonds is 6. The van der Waals surface area contributed by atoms with Crippen molar-refractivity contribution in [3.63, 3.8) is 0 Å². The average molecular weight is 420 g/mol. The van der Waals surface area contributed by atoms with Crippen molar-refractivity contribution >= 4 is 39.4 Å². The van der Waals surface area contributed by atoms with Crippen molar-refractivity contribution in [1.29, 1.82) is 0 Å². The van der Waals surface area contributed by atoms with Gasteiger partial charge in [-0.15, -0.1) is 11.3 Å². The molecule has 1 amide bonds. The first-order valence-corrected chi connectivity index (χ1v) is 10.7. The molecule has 1 N–H and O–H groups in total. The highest BCUT2D eigenvalue weighted by molar-refractivity contribution is 7.18. The van der Waals surface area contributed by atoms with Gasteiger partial charge >= 0.3 is 12.1 Å². The lowest BCUT2D eigenvalue weighted by molar-refractivity contribution is 0.0603. The molecule has 2 aromatic heterocycles. The van der Waals surface area contributed by atoms with Crippen LogP contribution in [-0.4, -0.2) is 57.0 Å². The van der Waals surface area contributed by atoms with E-state index >= 15 is 0 Å². The Morgan fingerprint density at radius 2 is 2.00 bits per heavy atom. The third-order valence-corrected chi connectivity index (χ3v) is 6.36. The summed E-state index contributed by atoms with van der Waals surface area (Å²) in [5.41, 5.74) is 1.03. The molecular formula is C20H25N3O5S. The van der Waals surface area contributed by atoms with Crippen LogP contribution in [0.3, 0.4) is 0 Å². The zero-order valence-electron chi connectivity index (χ0n) is 16.6. The molecule has 1 aliphatic carbocycles. The number of nitrogens with zero attached hydrogens (tertiary/aromatic N) is 2. The van der Waals surface area contributed by atoms with Crippen molar-refractivity contribution < 1.29 is 23.8 Å². The second-order valence-electron chi connectivity index (χ2n) is 7.42. The highest BCUT2D eigenvalue weighted by Gasteiger charge is 2.27. The lowest BCUT2D eigenvalue weighted by Gasteiger charge is -2.32. The van der Waals surface area contributed by atoms with Crippen LogP contribution >= 0.6 is 11.3 Å². The molecule has 0 radical (unpaired) electrons. The molecular weight excluding hydrogens is 394 g/mol. The van der Waals surface area contributed by atoms with Crippen LogP contribution in [-0.2, 0) is 9.47 Å². The van der Waals surface area contributed by atoms with Gasteiger partial charge in [-0.3, -0.25) is 0 Å². The minimum absolute atomic E-state index is 0.0946. The van der Waals surface area contributed by atoms with Crippen molar-refractivity contribution in [2.45, 2.75) is 31.8 Å². The van der Waals surface area contributed by atoms with Crippen LogP contribution in [0.1, 0.15) is 36.0 Å². The molecule has 9 heteroatoms. The summed E-state index contributed by atoms with van der Waals surface area (Å²) in [6, 6.07) is 1.89. The Morgan fingerprint density at radius 1 is 1.24 bits per heavy atom. The van der Waals surface area contributed by atoms with E-state index in [1.165, 1.54) is 31.3 Å². The number of alkyl carbamates (subject to hydrolysis) is 1. The molecule has 0 unspecified atom stereocenters. The smallest absolute Gasteiger partial charge is 0.407 e. The normalized spacial score (nSPS) is 17.2. The van der Waals surface area contributed by atoms with E-state index in [2.05, 4.69) is 10.2 Å². The maximum Gasteiger partial charge on any atom is 0.407 e. The van der Waals surface area contributed by atoms with Gasteiger partial charge in [-0.25, -0.2) is 14.6 Å². The SMILES string of the molecule is COC(=O)c1csc2c(OC)cc(N3CCC(OC(=O)NCC4CC4)CC3)nc12. The number of nitrogens with one attached hydrogen (secondary N) is 1. The van der Waals surface area contributed by atoms with Crippen LogP contribution in [0.15, 0.2) is 11.4 Å². The predicted molar refractivity (Wildman–Crippen MR) is 110 cm³/mol. The van der Waals surface area contributed by atoms with Crippen molar-refractivity contribution in [3.05, 3.63) is 17.0 Å². The molecule has 0 spiro atoms. The first-order chi connectivity index (χ1) is 14.1.